The molecule has 1 fully saturated rings. The predicted octanol–water partition coefficient (Wildman–Crippen LogP) is 1.96. The Balaban J connectivity index is 0.00000312. The maximum atomic E-state index is 12.5. The summed E-state index contributed by atoms with van der Waals surface area (Å²) in [7, 11) is -1.54. The van der Waals surface area contributed by atoms with Gasteiger partial charge in [-0.05, 0) is 44.2 Å². The predicted molar refractivity (Wildman–Crippen MR) is 102 cm³/mol. The summed E-state index contributed by atoms with van der Waals surface area (Å²) < 4.78 is 26.3. The van der Waals surface area contributed by atoms with E-state index in [1.165, 1.54) is 16.4 Å². The highest BCUT2D eigenvalue weighted by atomic mass is 35.5. The topological polar surface area (TPSA) is 69.7 Å². The van der Waals surface area contributed by atoms with Gasteiger partial charge in [0.2, 0.25) is 10.0 Å². The number of carbonyl (C=O) groups is 1. The van der Waals surface area contributed by atoms with Crippen LogP contribution >= 0.6 is 12.4 Å². The normalized spacial score (nSPS) is 15.9. The Kier molecular flexibility index (Phi) is 8.34. The minimum atomic E-state index is -3.48. The van der Waals surface area contributed by atoms with Crippen molar-refractivity contribution in [3.63, 3.8) is 0 Å². The highest BCUT2D eigenvalue weighted by Gasteiger charge is 2.24. The van der Waals surface area contributed by atoms with Crippen molar-refractivity contribution in [2.45, 2.75) is 37.6 Å². The van der Waals surface area contributed by atoms with Gasteiger partial charge in [0, 0.05) is 37.8 Å². The van der Waals surface area contributed by atoms with Gasteiger partial charge >= 0.3 is 0 Å². The van der Waals surface area contributed by atoms with E-state index >= 15 is 0 Å². The van der Waals surface area contributed by atoms with Gasteiger partial charge in [0.05, 0.1) is 4.90 Å². The molecule has 0 spiro atoms. The summed E-state index contributed by atoms with van der Waals surface area (Å²) in [5.74, 6) is -0.0312. The van der Waals surface area contributed by atoms with Crippen LogP contribution < -0.4 is 5.32 Å². The lowest BCUT2D eigenvalue weighted by atomic mass is 10.0. The van der Waals surface area contributed by atoms with E-state index in [4.69, 9.17) is 0 Å². The molecule has 142 valence electrons. The fraction of sp³-hybridized carbons (Fsp3) is 0.588. The monoisotopic (exact) mass is 389 g/mol. The Hall–Kier alpha value is -1.15. The van der Waals surface area contributed by atoms with Crippen LogP contribution in [0.1, 0.15) is 37.0 Å². The largest absolute Gasteiger partial charge is 0.339 e. The van der Waals surface area contributed by atoms with Gasteiger partial charge < -0.3 is 10.2 Å². The summed E-state index contributed by atoms with van der Waals surface area (Å²) in [5, 5.41) is 3.24. The van der Waals surface area contributed by atoms with Gasteiger partial charge in [-0.2, -0.15) is 4.31 Å². The molecule has 1 amide bonds. The molecule has 1 N–H and O–H groups in total. The molecule has 1 aromatic rings. The molecule has 1 aliphatic rings. The molecule has 1 aliphatic heterocycles. The molecule has 1 aromatic carbocycles. The third kappa shape index (κ3) is 4.94. The minimum Gasteiger partial charge on any atom is -0.339 e. The van der Waals surface area contributed by atoms with Gasteiger partial charge in [-0.1, -0.05) is 13.8 Å². The van der Waals surface area contributed by atoms with E-state index in [1.807, 2.05) is 25.8 Å². The van der Waals surface area contributed by atoms with Gasteiger partial charge in [-0.25, -0.2) is 8.42 Å². The van der Waals surface area contributed by atoms with Crippen LogP contribution in [0.4, 0.5) is 0 Å². The van der Waals surface area contributed by atoms with Gasteiger partial charge in [-0.3, -0.25) is 4.79 Å². The van der Waals surface area contributed by atoms with Gasteiger partial charge in [0.25, 0.3) is 5.91 Å². The number of piperidine rings is 1. The first-order valence-electron chi connectivity index (χ1n) is 8.50. The van der Waals surface area contributed by atoms with Crippen molar-refractivity contribution in [3.05, 3.63) is 29.8 Å². The summed E-state index contributed by atoms with van der Waals surface area (Å²) in [4.78, 5) is 14.6. The molecular weight excluding hydrogens is 362 g/mol. The van der Waals surface area contributed by atoms with Crippen molar-refractivity contribution in [2.24, 2.45) is 0 Å². The van der Waals surface area contributed by atoms with E-state index in [-0.39, 0.29) is 23.2 Å². The van der Waals surface area contributed by atoms with Crippen LogP contribution in [0.5, 0.6) is 0 Å². The summed E-state index contributed by atoms with van der Waals surface area (Å²) >= 11 is 0. The average Bonchev–Trinajstić information content (AvgIpc) is 2.62. The van der Waals surface area contributed by atoms with E-state index in [2.05, 4.69) is 5.32 Å². The molecule has 0 aromatic heterocycles. The van der Waals surface area contributed by atoms with Crippen molar-refractivity contribution in [1.29, 1.82) is 0 Å². The number of nitrogens with one attached hydrogen (secondary N) is 1. The number of likely N-dealkylation sites (tertiary alicyclic amines) is 1. The van der Waals surface area contributed by atoms with Crippen LogP contribution in [0.15, 0.2) is 29.2 Å². The van der Waals surface area contributed by atoms with Crippen molar-refractivity contribution in [3.8, 4) is 0 Å². The van der Waals surface area contributed by atoms with E-state index in [9.17, 15) is 13.2 Å². The summed E-state index contributed by atoms with van der Waals surface area (Å²) in [6.07, 6.45) is 1.88. The molecule has 0 aliphatic carbocycles. The number of hydrogen-bond acceptors (Lipinski definition) is 4. The van der Waals surface area contributed by atoms with Gasteiger partial charge in [-0.15, -0.1) is 12.4 Å². The number of halogens is 1. The second-order valence-electron chi connectivity index (χ2n) is 5.97. The highest BCUT2D eigenvalue weighted by Crippen LogP contribution is 2.18. The molecule has 2 rings (SSSR count). The van der Waals surface area contributed by atoms with Crippen LogP contribution in [0, 0.1) is 0 Å². The zero-order valence-electron chi connectivity index (χ0n) is 15.1. The van der Waals surface area contributed by atoms with E-state index in [1.54, 1.807) is 12.1 Å². The average molecular weight is 390 g/mol. The lowest BCUT2D eigenvalue weighted by molar-refractivity contribution is 0.0707. The second-order valence-corrected chi connectivity index (χ2v) is 7.91. The van der Waals surface area contributed by atoms with Crippen LogP contribution in [-0.2, 0) is 10.0 Å². The van der Waals surface area contributed by atoms with Crippen molar-refractivity contribution < 1.29 is 13.2 Å². The molecule has 0 bridgehead atoms. The zero-order chi connectivity index (χ0) is 17.7. The Morgan fingerprint density at radius 2 is 1.68 bits per heavy atom. The number of hydrogen-bond donors (Lipinski definition) is 1. The molecule has 25 heavy (non-hydrogen) atoms. The third-order valence-electron chi connectivity index (χ3n) is 4.63. The second kappa shape index (κ2) is 9.52. The van der Waals surface area contributed by atoms with Crippen LogP contribution in [0.3, 0.4) is 0 Å². The van der Waals surface area contributed by atoms with Gasteiger partial charge in [0.15, 0.2) is 0 Å². The molecule has 0 unspecified atom stereocenters. The van der Waals surface area contributed by atoms with Crippen LogP contribution in [0.2, 0.25) is 0 Å². The number of nitrogens with zero attached hydrogens (tertiary/aromatic N) is 2. The molecule has 0 saturated carbocycles. The summed E-state index contributed by atoms with van der Waals surface area (Å²) in [6.45, 7) is 5.94. The first kappa shape index (κ1) is 21.9. The third-order valence-corrected chi connectivity index (χ3v) is 6.70. The summed E-state index contributed by atoms with van der Waals surface area (Å²) in [6, 6.07) is 6.75. The fourth-order valence-corrected chi connectivity index (χ4v) is 4.49. The minimum absolute atomic E-state index is 0. The number of benzene rings is 1. The maximum absolute atomic E-state index is 12.5. The molecule has 1 saturated heterocycles. The van der Waals surface area contributed by atoms with Gasteiger partial charge in [0.1, 0.15) is 0 Å². The maximum Gasteiger partial charge on any atom is 0.253 e. The molecule has 0 atom stereocenters. The number of sulfonamides is 1. The van der Waals surface area contributed by atoms with Crippen molar-refractivity contribution >= 4 is 28.3 Å². The molecular formula is C17H28ClN3O3S. The van der Waals surface area contributed by atoms with Crippen LogP contribution in [0.25, 0.3) is 0 Å². The molecule has 1 heterocycles. The highest BCUT2D eigenvalue weighted by molar-refractivity contribution is 7.89. The van der Waals surface area contributed by atoms with E-state index < -0.39 is 10.0 Å². The first-order chi connectivity index (χ1) is 11.4. The lowest BCUT2D eigenvalue weighted by Crippen LogP contribution is -2.43. The number of rotatable bonds is 6. The summed E-state index contributed by atoms with van der Waals surface area (Å²) in [5.41, 5.74) is 0.538. The standard InChI is InChI=1S/C17H27N3O3S.ClH/c1-4-20(5-2)24(22,23)16-8-6-14(7-9-16)17(21)19-12-10-15(18-3)11-13-19;/h6-9,15,18H,4-5,10-13H2,1-3H3;1H. The molecule has 8 heteroatoms. The number of carbonyl (C=O) groups excluding carboxylic acids is 1. The first-order valence-corrected chi connectivity index (χ1v) is 9.94. The lowest BCUT2D eigenvalue weighted by Gasteiger charge is -2.31. The number of amides is 1. The Morgan fingerprint density at radius 1 is 1.16 bits per heavy atom. The fourth-order valence-electron chi connectivity index (χ4n) is 3.04. The van der Waals surface area contributed by atoms with Crippen LogP contribution in [-0.4, -0.2) is 62.8 Å². The van der Waals surface area contributed by atoms with Crippen molar-refractivity contribution in [1.82, 2.24) is 14.5 Å². The molecule has 0 radical (unpaired) electrons. The quantitative estimate of drug-likeness (QED) is 0.807. The van der Waals surface area contributed by atoms with Crippen molar-refractivity contribution in [2.75, 3.05) is 33.2 Å². The molecule has 6 nitrogen and oxygen atoms in total. The zero-order valence-corrected chi connectivity index (χ0v) is 16.7. The Morgan fingerprint density at radius 3 is 2.12 bits per heavy atom. The smallest absolute Gasteiger partial charge is 0.253 e. The SMILES string of the molecule is CCN(CC)S(=O)(=O)c1ccc(C(=O)N2CCC(NC)CC2)cc1.Cl. The Labute approximate surface area is 157 Å². The van der Waals surface area contributed by atoms with E-state index in [0.29, 0.717) is 24.7 Å². The Bertz CT molecular complexity index is 652. The van der Waals surface area contributed by atoms with E-state index in [0.717, 1.165) is 25.9 Å².